The van der Waals surface area contributed by atoms with Crippen molar-refractivity contribution < 1.29 is 14.3 Å². The van der Waals surface area contributed by atoms with Crippen LogP contribution in [0.25, 0.3) is 0 Å². The summed E-state index contributed by atoms with van der Waals surface area (Å²) >= 11 is 0. The molecule has 0 bridgehead atoms. The zero-order valence-electron chi connectivity index (χ0n) is 15.4. The third kappa shape index (κ3) is 4.69. The summed E-state index contributed by atoms with van der Waals surface area (Å²) in [5.41, 5.74) is 2.20. The van der Waals surface area contributed by atoms with E-state index in [0.717, 1.165) is 43.1 Å². The largest absolute Gasteiger partial charge is 0.497 e. The van der Waals surface area contributed by atoms with E-state index in [2.05, 4.69) is 22.3 Å². The van der Waals surface area contributed by atoms with Crippen LogP contribution in [0.1, 0.15) is 12.0 Å². The Labute approximate surface area is 154 Å². The molecule has 1 heterocycles. The molecule has 5 heteroatoms. The van der Waals surface area contributed by atoms with Crippen molar-refractivity contribution in [2.24, 2.45) is 5.92 Å². The molecule has 1 aliphatic heterocycles. The van der Waals surface area contributed by atoms with E-state index in [1.807, 2.05) is 36.4 Å². The fourth-order valence-electron chi connectivity index (χ4n) is 3.28. The fourth-order valence-corrected chi connectivity index (χ4v) is 3.28. The van der Waals surface area contributed by atoms with Crippen LogP contribution in [0.5, 0.6) is 11.5 Å². The number of rotatable bonds is 7. The lowest BCUT2D eigenvalue weighted by molar-refractivity contribution is -0.120. The summed E-state index contributed by atoms with van der Waals surface area (Å²) in [4.78, 5) is 14.5. The molecule has 1 atom stereocenters. The molecule has 2 aromatic carbocycles. The summed E-state index contributed by atoms with van der Waals surface area (Å²) < 4.78 is 10.3. The smallest absolute Gasteiger partial charge is 0.224 e. The van der Waals surface area contributed by atoms with Crippen LogP contribution in [0.3, 0.4) is 0 Å². The van der Waals surface area contributed by atoms with Crippen LogP contribution in [0.15, 0.2) is 48.5 Å². The van der Waals surface area contributed by atoms with Crippen molar-refractivity contribution in [1.29, 1.82) is 0 Å². The van der Waals surface area contributed by atoms with Gasteiger partial charge in [0.2, 0.25) is 5.91 Å². The van der Waals surface area contributed by atoms with Crippen LogP contribution in [0, 0.1) is 5.92 Å². The SMILES string of the molecule is COc1ccc(CC(=O)NCC2CCN(c3ccc(OC)cc3)C2)cc1. The number of methoxy groups -OCH3 is 2. The molecule has 0 radical (unpaired) electrons. The first-order valence-electron chi connectivity index (χ1n) is 8.96. The Bertz CT molecular complexity index is 713. The molecule has 5 nitrogen and oxygen atoms in total. The molecule has 26 heavy (non-hydrogen) atoms. The third-order valence-corrected chi connectivity index (χ3v) is 4.84. The molecule has 0 aliphatic carbocycles. The van der Waals surface area contributed by atoms with E-state index in [-0.39, 0.29) is 5.91 Å². The predicted octanol–water partition coefficient (Wildman–Crippen LogP) is 2.89. The van der Waals surface area contributed by atoms with Crippen molar-refractivity contribution in [3.8, 4) is 11.5 Å². The molecular formula is C21H26N2O3. The maximum Gasteiger partial charge on any atom is 0.224 e. The van der Waals surface area contributed by atoms with E-state index in [9.17, 15) is 4.79 Å². The van der Waals surface area contributed by atoms with Gasteiger partial charge >= 0.3 is 0 Å². The lowest BCUT2D eigenvalue weighted by atomic mass is 10.1. The number of anilines is 1. The van der Waals surface area contributed by atoms with Crippen molar-refractivity contribution in [2.45, 2.75) is 12.8 Å². The third-order valence-electron chi connectivity index (χ3n) is 4.84. The van der Waals surface area contributed by atoms with Gasteiger partial charge < -0.3 is 19.7 Å². The second kappa shape index (κ2) is 8.61. The Morgan fingerprint density at radius 3 is 2.27 bits per heavy atom. The summed E-state index contributed by atoms with van der Waals surface area (Å²) in [6, 6.07) is 15.8. The Kier molecular flexibility index (Phi) is 6.00. The highest BCUT2D eigenvalue weighted by Gasteiger charge is 2.23. The first-order chi connectivity index (χ1) is 12.7. The minimum atomic E-state index is 0.0677. The molecular weight excluding hydrogens is 328 g/mol. The number of hydrogen-bond acceptors (Lipinski definition) is 4. The molecule has 1 unspecified atom stereocenters. The lowest BCUT2D eigenvalue weighted by Gasteiger charge is -2.19. The van der Waals surface area contributed by atoms with Crippen LogP contribution in [0.4, 0.5) is 5.69 Å². The zero-order chi connectivity index (χ0) is 18.4. The Morgan fingerprint density at radius 1 is 1.04 bits per heavy atom. The molecule has 0 spiro atoms. The normalized spacial score (nSPS) is 16.4. The van der Waals surface area contributed by atoms with Crippen LogP contribution in [-0.4, -0.2) is 39.8 Å². The summed E-state index contributed by atoms with van der Waals surface area (Å²) in [5.74, 6) is 2.23. The van der Waals surface area contributed by atoms with Crippen molar-refractivity contribution in [2.75, 3.05) is 38.8 Å². The van der Waals surface area contributed by atoms with Gasteiger partial charge in [0.1, 0.15) is 11.5 Å². The predicted molar refractivity (Wildman–Crippen MR) is 103 cm³/mol. The van der Waals surface area contributed by atoms with Crippen molar-refractivity contribution in [1.82, 2.24) is 5.32 Å². The molecule has 0 saturated carbocycles. The molecule has 1 N–H and O–H groups in total. The Morgan fingerprint density at radius 2 is 1.65 bits per heavy atom. The van der Waals surface area contributed by atoms with Gasteiger partial charge in [0.25, 0.3) is 0 Å². The molecule has 138 valence electrons. The van der Waals surface area contributed by atoms with Crippen molar-refractivity contribution >= 4 is 11.6 Å². The lowest BCUT2D eigenvalue weighted by Crippen LogP contribution is -2.32. The number of nitrogens with one attached hydrogen (secondary N) is 1. The number of amides is 1. The van der Waals surface area contributed by atoms with Gasteiger partial charge in [-0.05, 0) is 54.3 Å². The Hall–Kier alpha value is -2.69. The number of ether oxygens (including phenoxy) is 2. The van der Waals surface area contributed by atoms with Crippen molar-refractivity contribution in [3.63, 3.8) is 0 Å². The summed E-state index contributed by atoms with van der Waals surface area (Å²) in [5, 5.41) is 3.08. The molecule has 2 aromatic rings. The number of benzene rings is 2. The highest BCUT2D eigenvalue weighted by molar-refractivity contribution is 5.78. The van der Waals surface area contributed by atoms with E-state index in [0.29, 0.717) is 12.3 Å². The maximum atomic E-state index is 12.2. The van der Waals surface area contributed by atoms with Gasteiger partial charge in [-0.1, -0.05) is 12.1 Å². The molecule has 1 aliphatic rings. The summed E-state index contributed by atoms with van der Waals surface area (Å²) in [6.07, 6.45) is 1.49. The highest BCUT2D eigenvalue weighted by atomic mass is 16.5. The molecule has 1 fully saturated rings. The van der Waals surface area contributed by atoms with E-state index in [1.165, 1.54) is 5.69 Å². The minimum Gasteiger partial charge on any atom is -0.497 e. The Balaban J connectivity index is 1.43. The van der Waals surface area contributed by atoms with Gasteiger partial charge in [0.05, 0.1) is 20.6 Å². The zero-order valence-corrected chi connectivity index (χ0v) is 15.4. The quantitative estimate of drug-likeness (QED) is 0.831. The van der Waals surface area contributed by atoms with E-state index in [4.69, 9.17) is 9.47 Å². The van der Waals surface area contributed by atoms with Crippen LogP contribution in [-0.2, 0) is 11.2 Å². The number of hydrogen-bond donors (Lipinski definition) is 1. The number of carbonyl (C=O) groups excluding carboxylic acids is 1. The van der Waals surface area contributed by atoms with Crippen LogP contribution in [0.2, 0.25) is 0 Å². The van der Waals surface area contributed by atoms with E-state index >= 15 is 0 Å². The number of nitrogens with zero attached hydrogens (tertiary/aromatic N) is 1. The standard InChI is InChI=1S/C21H26N2O3/c1-25-19-7-3-16(4-8-19)13-21(24)22-14-17-11-12-23(15-17)18-5-9-20(26-2)10-6-18/h3-10,17H,11-15H2,1-2H3,(H,22,24). The average molecular weight is 354 g/mol. The first-order valence-corrected chi connectivity index (χ1v) is 8.96. The van der Waals surface area contributed by atoms with E-state index in [1.54, 1.807) is 14.2 Å². The van der Waals surface area contributed by atoms with Gasteiger partial charge in [-0.25, -0.2) is 0 Å². The van der Waals surface area contributed by atoms with Gasteiger partial charge in [0.15, 0.2) is 0 Å². The summed E-state index contributed by atoms with van der Waals surface area (Å²) in [6.45, 7) is 2.71. The molecule has 3 rings (SSSR count). The van der Waals surface area contributed by atoms with Gasteiger partial charge in [-0.2, -0.15) is 0 Å². The fraction of sp³-hybridized carbons (Fsp3) is 0.381. The maximum absolute atomic E-state index is 12.2. The molecule has 0 aromatic heterocycles. The first kappa shape index (κ1) is 18.1. The second-order valence-corrected chi connectivity index (χ2v) is 6.63. The van der Waals surface area contributed by atoms with Crippen molar-refractivity contribution in [3.05, 3.63) is 54.1 Å². The van der Waals surface area contributed by atoms with Gasteiger partial charge in [-0.15, -0.1) is 0 Å². The van der Waals surface area contributed by atoms with Gasteiger partial charge in [-0.3, -0.25) is 4.79 Å². The molecule has 1 saturated heterocycles. The minimum absolute atomic E-state index is 0.0677. The monoisotopic (exact) mass is 354 g/mol. The topological polar surface area (TPSA) is 50.8 Å². The second-order valence-electron chi connectivity index (χ2n) is 6.63. The highest BCUT2D eigenvalue weighted by Crippen LogP contribution is 2.25. The van der Waals surface area contributed by atoms with E-state index < -0.39 is 0 Å². The van der Waals surface area contributed by atoms with Crippen LogP contribution < -0.4 is 19.7 Å². The average Bonchev–Trinajstić information content (AvgIpc) is 3.16. The van der Waals surface area contributed by atoms with Crippen LogP contribution >= 0.6 is 0 Å². The summed E-state index contributed by atoms with van der Waals surface area (Å²) in [7, 11) is 3.31. The molecule has 1 amide bonds. The number of carbonyl (C=O) groups is 1. The van der Waals surface area contributed by atoms with Gasteiger partial charge in [0, 0.05) is 25.3 Å².